The normalized spacial score (nSPS) is 21.2. The number of likely N-dealkylation sites (N-methyl/N-ethyl adjacent to an activating group) is 1. The first-order chi connectivity index (χ1) is 8.66. The molecule has 1 atom stereocenters. The van der Waals surface area contributed by atoms with Gasteiger partial charge in [0.25, 0.3) is 0 Å². The third-order valence-electron chi connectivity index (χ3n) is 3.08. The maximum absolute atomic E-state index is 13.5. The van der Waals surface area contributed by atoms with Crippen molar-refractivity contribution in [2.45, 2.75) is 12.6 Å². The van der Waals surface area contributed by atoms with E-state index in [1.165, 1.54) is 6.07 Å². The van der Waals surface area contributed by atoms with Crippen LogP contribution in [0, 0.1) is 5.82 Å². The molecule has 1 aromatic rings. The van der Waals surface area contributed by atoms with Gasteiger partial charge in [-0.2, -0.15) is 0 Å². The van der Waals surface area contributed by atoms with Gasteiger partial charge in [-0.15, -0.1) is 0 Å². The molecule has 100 valence electrons. The SMILES string of the molecule is CN1CCO[C@H](CNCc2c(F)cccc2Cl)C1. The minimum atomic E-state index is -0.267. The third kappa shape index (κ3) is 3.65. The predicted octanol–water partition coefficient (Wildman–Crippen LogP) is 1.90. The van der Waals surface area contributed by atoms with Gasteiger partial charge < -0.3 is 15.0 Å². The van der Waals surface area contributed by atoms with Crippen LogP contribution in [-0.4, -0.2) is 44.3 Å². The minimum Gasteiger partial charge on any atom is -0.374 e. The molecule has 0 radical (unpaired) electrons. The molecule has 0 saturated carbocycles. The lowest BCUT2D eigenvalue weighted by Crippen LogP contribution is -2.44. The smallest absolute Gasteiger partial charge is 0.129 e. The molecule has 18 heavy (non-hydrogen) atoms. The van der Waals surface area contributed by atoms with Gasteiger partial charge in [-0.25, -0.2) is 4.39 Å². The summed E-state index contributed by atoms with van der Waals surface area (Å²) in [7, 11) is 2.07. The summed E-state index contributed by atoms with van der Waals surface area (Å²) in [6, 6.07) is 4.74. The van der Waals surface area contributed by atoms with E-state index in [-0.39, 0.29) is 11.9 Å². The molecule has 0 unspecified atom stereocenters. The highest BCUT2D eigenvalue weighted by atomic mass is 35.5. The summed E-state index contributed by atoms with van der Waals surface area (Å²) >= 11 is 5.95. The van der Waals surface area contributed by atoms with E-state index >= 15 is 0 Å². The highest BCUT2D eigenvalue weighted by Crippen LogP contribution is 2.18. The molecular weight excluding hydrogens is 255 g/mol. The molecule has 0 bridgehead atoms. The van der Waals surface area contributed by atoms with Gasteiger partial charge in [0.05, 0.1) is 12.7 Å². The number of morpholine rings is 1. The number of benzene rings is 1. The number of hydrogen-bond acceptors (Lipinski definition) is 3. The van der Waals surface area contributed by atoms with Crippen LogP contribution in [0.4, 0.5) is 4.39 Å². The Bertz CT molecular complexity index is 382. The zero-order valence-electron chi connectivity index (χ0n) is 10.5. The summed E-state index contributed by atoms with van der Waals surface area (Å²) in [6.45, 7) is 3.75. The van der Waals surface area contributed by atoms with E-state index in [9.17, 15) is 4.39 Å². The lowest BCUT2D eigenvalue weighted by molar-refractivity contribution is -0.0182. The summed E-state index contributed by atoms with van der Waals surface area (Å²) < 4.78 is 19.1. The van der Waals surface area contributed by atoms with Crippen LogP contribution in [0.15, 0.2) is 18.2 Å². The number of nitrogens with zero attached hydrogens (tertiary/aromatic N) is 1. The van der Waals surface area contributed by atoms with Crippen molar-refractivity contribution in [1.82, 2.24) is 10.2 Å². The Morgan fingerprint density at radius 2 is 2.39 bits per heavy atom. The van der Waals surface area contributed by atoms with E-state index in [1.807, 2.05) is 0 Å². The molecule has 1 aromatic carbocycles. The molecule has 1 saturated heterocycles. The Labute approximate surface area is 112 Å². The standard InChI is InChI=1S/C13H18ClFN2O/c1-17-5-6-18-10(9-17)7-16-8-11-12(14)3-2-4-13(11)15/h2-4,10,16H,5-9H2,1H3/t10-/m1/s1. The maximum Gasteiger partial charge on any atom is 0.129 e. The van der Waals surface area contributed by atoms with E-state index in [0.29, 0.717) is 23.7 Å². The van der Waals surface area contributed by atoms with Crippen LogP contribution in [0.25, 0.3) is 0 Å². The predicted molar refractivity (Wildman–Crippen MR) is 70.4 cm³/mol. The van der Waals surface area contributed by atoms with E-state index in [2.05, 4.69) is 17.3 Å². The van der Waals surface area contributed by atoms with Gasteiger partial charge in [0.2, 0.25) is 0 Å². The van der Waals surface area contributed by atoms with Crippen molar-refractivity contribution >= 4 is 11.6 Å². The van der Waals surface area contributed by atoms with Gasteiger partial charge in [0.1, 0.15) is 5.82 Å². The summed E-state index contributed by atoms with van der Waals surface area (Å²) in [5.41, 5.74) is 0.517. The zero-order chi connectivity index (χ0) is 13.0. The highest BCUT2D eigenvalue weighted by molar-refractivity contribution is 6.31. The number of hydrogen-bond donors (Lipinski definition) is 1. The number of rotatable bonds is 4. The molecule has 1 heterocycles. The first kappa shape index (κ1) is 13.7. The monoisotopic (exact) mass is 272 g/mol. The van der Waals surface area contributed by atoms with Crippen molar-refractivity contribution in [3.05, 3.63) is 34.6 Å². The topological polar surface area (TPSA) is 24.5 Å². The molecule has 2 rings (SSSR count). The lowest BCUT2D eigenvalue weighted by atomic mass is 10.2. The first-order valence-electron chi connectivity index (χ1n) is 6.10. The molecule has 1 aliphatic heterocycles. The van der Waals surface area contributed by atoms with Crippen LogP contribution in [0.1, 0.15) is 5.56 Å². The van der Waals surface area contributed by atoms with Crippen molar-refractivity contribution in [3.8, 4) is 0 Å². The Balaban J connectivity index is 1.81. The second-order valence-electron chi connectivity index (χ2n) is 4.59. The Kier molecular flexibility index (Phi) is 4.95. The van der Waals surface area contributed by atoms with E-state index in [0.717, 1.165) is 19.7 Å². The third-order valence-corrected chi connectivity index (χ3v) is 3.43. The minimum absolute atomic E-state index is 0.161. The second kappa shape index (κ2) is 6.48. The summed E-state index contributed by atoms with van der Waals surface area (Å²) in [5.74, 6) is -0.267. The molecule has 5 heteroatoms. The lowest BCUT2D eigenvalue weighted by Gasteiger charge is -2.30. The van der Waals surface area contributed by atoms with Crippen molar-refractivity contribution in [2.24, 2.45) is 0 Å². The largest absolute Gasteiger partial charge is 0.374 e. The van der Waals surface area contributed by atoms with Gasteiger partial charge in [-0.3, -0.25) is 0 Å². The van der Waals surface area contributed by atoms with Gasteiger partial charge in [-0.05, 0) is 19.2 Å². The Hall–Kier alpha value is -0.680. The average Bonchev–Trinajstić information content (AvgIpc) is 2.33. The Morgan fingerprint density at radius 1 is 1.56 bits per heavy atom. The molecule has 1 fully saturated rings. The fourth-order valence-corrected chi connectivity index (χ4v) is 2.28. The van der Waals surface area contributed by atoms with Gasteiger partial charge in [-0.1, -0.05) is 17.7 Å². The van der Waals surface area contributed by atoms with Crippen molar-refractivity contribution < 1.29 is 9.13 Å². The summed E-state index contributed by atoms with van der Waals surface area (Å²) in [6.07, 6.45) is 0.161. The van der Waals surface area contributed by atoms with E-state index in [1.54, 1.807) is 12.1 Å². The van der Waals surface area contributed by atoms with Crippen molar-refractivity contribution in [3.63, 3.8) is 0 Å². The first-order valence-corrected chi connectivity index (χ1v) is 6.48. The van der Waals surface area contributed by atoms with E-state index < -0.39 is 0 Å². The van der Waals surface area contributed by atoms with E-state index in [4.69, 9.17) is 16.3 Å². The van der Waals surface area contributed by atoms with Gasteiger partial charge in [0.15, 0.2) is 0 Å². The van der Waals surface area contributed by atoms with Crippen LogP contribution >= 0.6 is 11.6 Å². The quantitative estimate of drug-likeness (QED) is 0.906. The van der Waals surface area contributed by atoms with Gasteiger partial charge in [0, 0.05) is 36.8 Å². The van der Waals surface area contributed by atoms with Crippen LogP contribution in [0.3, 0.4) is 0 Å². The van der Waals surface area contributed by atoms with Crippen LogP contribution in [0.2, 0.25) is 5.02 Å². The zero-order valence-corrected chi connectivity index (χ0v) is 11.2. The average molecular weight is 273 g/mol. The fourth-order valence-electron chi connectivity index (χ4n) is 2.05. The number of nitrogens with one attached hydrogen (secondary N) is 1. The molecule has 0 aliphatic carbocycles. The highest BCUT2D eigenvalue weighted by Gasteiger charge is 2.17. The van der Waals surface area contributed by atoms with Gasteiger partial charge >= 0.3 is 0 Å². The number of ether oxygens (including phenoxy) is 1. The summed E-state index contributed by atoms with van der Waals surface area (Å²) in [5, 5.41) is 3.66. The fraction of sp³-hybridized carbons (Fsp3) is 0.538. The van der Waals surface area contributed by atoms with Crippen molar-refractivity contribution in [1.29, 1.82) is 0 Å². The summed E-state index contributed by atoms with van der Waals surface area (Å²) in [4.78, 5) is 2.23. The second-order valence-corrected chi connectivity index (χ2v) is 4.99. The number of halogens is 2. The molecular formula is C13H18ClFN2O. The van der Waals surface area contributed by atoms with Crippen LogP contribution < -0.4 is 5.32 Å². The Morgan fingerprint density at radius 3 is 3.11 bits per heavy atom. The molecule has 0 spiro atoms. The van der Waals surface area contributed by atoms with Crippen LogP contribution in [0.5, 0.6) is 0 Å². The molecule has 1 N–H and O–H groups in total. The van der Waals surface area contributed by atoms with Crippen LogP contribution in [-0.2, 0) is 11.3 Å². The molecule has 3 nitrogen and oxygen atoms in total. The van der Waals surface area contributed by atoms with Crippen molar-refractivity contribution in [2.75, 3.05) is 33.3 Å². The molecule has 1 aliphatic rings. The molecule has 0 aromatic heterocycles. The maximum atomic E-state index is 13.5. The molecule has 0 amide bonds.